The molecule has 0 bridgehead atoms. The van der Waals surface area contributed by atoms with Gasteiger partial charge in [-0.3, -0.25) is 0 Å². The van der Waals surface area contributed by atoms with E-state index in [2.05, 4.69) is 51.1 Å². The van der Waals surface area contributed by atoms with Gasteiger partial charge in [0.1, 0.15) is 0 Å². The van der Waals surface area contributed by atoms with Crippen molar-refractivity contribution in [1.82, 2.24) is 0 Å². The van der Waals surface area contributed by atoms with E-state index in [0.29, 0.717) is 5.41 Å². The molecule has 20 heavy (non-hydrogen) atoms. The molecule has 0 aliphatic heterocycles. The lowest BCUT2D eigenvalue weighted by atomic mass is 9.50. The van der Waals surface area contributed by atoms with Crippen molar-refractivity contribution in [2.45, 2.75) is 70.1 Å². The summed E-state index contributed by atoms with van der Waals surface area (Å²) in [5.41, 5.74) is 3.10. The number of hydrogen-bond donors (Lipinski definition) is 0. The Hall–Kier alpha value is -1.29. The van der Waals surface area contributed by atoms with Crippen LogP contribution in [0.5, 0.6) is 0 Å². The SMILES string of the molecule is CC(C)(C)c1ccc(C2(C#N)CC3(CCCC3)C2)cc1. The Balaban J connectivity index is 1.83. The van der Waals surface area contributed by atoms with Gasteiger partial charge in [-0.15, -0.1) is 0 Å². The van der Waals surface area contributed by atoms with Gasteiger partial charge in [0.25, 0.3) is 0 Å². The van der Waals surface area contributed by atoms with Crippen molar-refractivity contribution < 1.29 is 0 Å². The summed E-state index contributed by atoms with van der Waals surface area (Å²) in [6.45, 7) is 6.71. The summed E-state index contributed by atoms with van der Waals surface area (Å²) in [7, 11) is 0. The van der Waals surface area contributed by atoms with Crippen molar-refractivity contribution in [2.75, 3.05) is 0 Å². The van der Waals surface area contributed by atoms with Gasteiger partial charge in [0.15, 0.2) is 0 Å². The molecule has 0 heterocycles. The molecule has 1 nitrogen and oxygen atoms in total. The maximum atomic E-state index is 9.71. The minimum Gasteiger partial charge on any atom is -0.197 e. The van der Waals surface area contributed by atoms with Crippen molar-refractivity contribution in [3.8, 4) is 6.07 Å². The van der Waals surface area contributed by atoms with Crippen molar-refractivity contribution >= 4 is 0 Å². The number of hydrogen-bond acceptors (Lipinski definition) is 1. The van der Waals surface area contributed by atoms with Crippen molar-refractivity contribution in [2.24, 2.45) is 5.41 Å². The number of rotatable bonds is 1. The van der Waals surface area contributed by atoms with Crippen LogP contribution in [0.4, 0.5) is 0 Å². The second kappa shape index (κ2) is 4.35. The molecular formula is C19H25N. The van der Waals surface area contributed by atoms with Crippen LogP contribution in [0, 0.1) is 16.7 Å². The first-order valence-corrected chi connectivity index (χ1v) is 7.92. The second-order valence-electron chi connectivity index (χ2n) is 8.08. The van der Waals surface area contributed by atoms with Gasteiger partial charge in [-0.2, -0.15) is 5.26 Å². The van der Waals surface area contributed by atoms with Crippen LogP contribution in [0.15, 0.2) is 24.3 Å². The molecule has 0 radical (unpaired) electrons. The molecule has 0 unspecified atom stereocenters. The fraction of sp³-hybridized carbons (Fsp3) is 0.632. The average Bonchev–Trinajstić information content (AvgIpc) is 2.85. The Morgan fingerprint density at radius 1 is 1.00 bits per heavy atom. The van der Waals surface area contributed by atoms with E-state index in [1.165, 1.54) is 36.8 Å². The predicted molar refractivity (Wildman–Crippen MR) is 82.6 cm³/mol. The van der Waals surface area contributed by atoms with Crippen molar-refractivity contribution in [3.05, 3.63) is 35.4 Å². The lowest BCUT2D eigenvalue weighted by molar-refractivity contribution is 0.0648. The Kier molecular flexibility index (Phi) is 2.98. The summed E-state index contributed by atoms with van der Waals surface area (Å²) in [6.07, 6.45) is 7.60. The highest BCUT2D eigenvalue weighted by molar-refractivity contribution is 5.40. The van der Waals surface area contributed by atoms with Gasteiger partial charge >= 0.3 is 0 Å². The van der Waals surface area contributed by atoms with Gasteiger partial charge in [0.2, 0.25) is 0 Å². The molecule has 0 N–H and O–H groups in total. The molecule has 1 aromatic carbocycles. The van der Waals surface area contributed by atoms with E-state index in [-0.39, 0.29) is 10.8 Å². The Morgan fingerprint density at radius 2 is 1.55 bits per heavy atom. The molecule has 1 heteroatoms. The molecule has 1 aromatic rings. The largest absolute Gasteiger partial charge is 0.197 e. The van der Waals surface area contributed by atoms with Crippen LogP contribution < -0.4 is 0 Å². The van der Waals surface area contributed by atoms with Gasteiger partial charge in [-0.1, -0.05) is 57.9 Å². The molecular weight excluding hydrogens is 242 g/mol. The molecule has 2 fully saturated rings. The second-order valence-corrected chi connectivity index (χ2v) is 8.08. The zero-order valence-electron chi connectivity index (χ0n) is 13.0. The first kappa shape index (κ1) is 13.7. The van der Waals surface area contributed by atoms with E-state index in [0.717, 1.165) is 12.8 Å². The van der Waals surface area contributed by atoms with E-state index in [9.17, 15) is 5.26 Å². The van der Waals surface area contributed by atoms with Gasteiger partial charge in [0, 0.05) is 0 Å². The lowest BCUT2D eigenvalue weighted by Gasteiger charge is -2.51. The monoisotopic (exact) mass is 267 g/mol. The summed E-state index contributed by atoms with van der Waals surface area (Å²) >= 11 is 0. The first-order valence-electron chi connectivity index (χ1n) is 7.92. The van der Waals surface area contributed by atoms with Crippen molar-refractivity contribution in [3.63, 3.8) is 0 Å². The minimum absolute atomic E-state index is 0.185. The van der Waals surface area contributed by atoms with Gasteiger partial charge in [-0.05, 0) is 47.6 Å². The molecule has 2 aliphatic carbocycles. The molecule has 0 saturated heterocycles. The number of nitriles is 1. The maximum absolute atomic E-state index is 9.71. The van der Waals surface area contributed by atoms with Crippen LogP contribution >= 0.6 is 0 Å². The quantitative estimate of drug-likeness (QED) is 0.694. The van der Waals surface area contributed by atoms with Crippen molar-refractivity contribution in [1.29, 1.82) is 5.26 Å². The fourth-order valence-electron chi connectivity index (χ4n) is 4.34. The summed E-state index contributed by atoms with van der Waals surface area (Å²) < 4.78 is 0. The zero-order valence-corrected chi connectivity index (χ0v) is 13.0. The van der Waals surface area contributed by atoms with Gasteiger partial charge in [0.05, 0.1) is 11.5 Å². The smallest absolute Gasteiger partial charge is 0.0833 e. The molecule has 0 aromatic heterocycles. The standard InChI is InChI=1S/C19H25N/c1-17(2,3)15-6-8-16(9-7-15)19(14-20)12-18(13-19)10-4-5-11-18/h6-9H,4-5,10-13H2,1-3H3. The summed E-state index contributed by atoms with van der Waals surface area (Å²) in [5, 5.41) is 9.71. The minimum atomic E-state index is -0.194. The van der Waals surface area contributed by atoms with E-state index in [1.54, 1.807) is 0 Å². The highest BCUT2D eigenvalue weighted by Gasteiger charge is 2.56. The molecule has 106 valence electrons. The van der Waals surface area contributed by atoms with Gasteiger partial charge < -0.3 is 0 Å². The Labute approximate surface area is 123 Å². The van der Waals surface area contributed by atoms with E-state index < -0.39 is 0 Å². The fourth-order valence-corrected chi connectivity index (χ4v) is 4.34. The molecule has 0 atom stereocenters. The predicted octanol–water partition coefficient (Wildman–Crippen LogP) is 5.10. The lowest BCUT2D eigenvalue weighted by Crippen LogP contribution is -2.47. The Bertz CT molecular complexity index is 525. The number of nitrogens with zero attached hydrogens (tertiary/aromatic N) is 1. The summed E-state index contributed by atoms with van der Waals surface area (Å²) in [4.78, 5) is 0. The number of benzene rings is 1. The highest BCUT2D eigenvalue weighted by Crippen LogP contribution is 2.62. The van der Waals surface area contributed by atoms with Crippen LogP contribution in [0.3, 0.4) is 0 Å². The summed E-state index contributed by atoms with van der Waals surface area (Å²) in [5.74, 6) is 0. The topological polar surface area (TPSA) is 23.8 Å². The summed E-state index contributed by atoms with van der Waals surface area (Å²) in [6, 6.07) is 11.5. The van der Waals surface area contributed by atoms with Crippen LogP contribution in [-0.2, 0) is 10.8 Å². The molecule has 3 rings (SSSR count). The highest BCUT2D eigenvalue weighted by atomic mass is 14.6. The van der Waals surface area contributed by atoms with Crippen LogP contribution in [0.25, 0.3) is 0 Å². The molecule has 1 spiro atoms. The van der Waals surface area contributed by atoms with E-state index in [4.69, 9.17) is 0 Å². The average molecular weight is 267 g/mol. The molecule has 0 amide bonds. The van der Waals surface area contributed by atoms with Crippen LogP contribution in [-0.4, -0.2) is 0 Å². The van der Waals surface area contributed by atoms with E-state index >= 15 is 0 Å². The van der Waals surface area contributed by atoms with Gasteiger partial charge in [-0.25, -0.2) is 0 Å². The third-order valence-corrected chi connectivity index (χ3v) is 5.54. The normalized spacial score (nSPS) is 23.3. The Morgan fingerprint density at radius 3 is 2.00 bits per heavy atom. The molecule has 2 aliphatic rings. The maximum Gasteiger partial charge on any atom is 0.0833 e. The third-order valence-electron chi connectivity index (χ3n) is 5.54. The molecule has 2 saturated carbocycles. The van der Waals surface area contributed by atoms with Crippen LogP contribution in [0.1, 0.15) is 70.4 Å². The third kappa shape index (κ3) is 2.06. The van der Waals surface area contributed by atoms with Crippen LogP contribution in [0.2, 0.25) is 0 Å². The zero-order chi connectivity index (χ0) is 14.4. The first-order chi connectivity index (χ1) is 9.39. The van der Waals surface area contributed by atoms with E-state index in [1.807, 2.05) is 0 Å².